The van der Waals surface area contributed by atoms with E-state index in [0.29, 0.717) is 22.3 Å². The lowest BCUT2D eigenvalue weighted by atomic mass is 10.2. The van der Waals surface area contributed by atoms with E-state index < -0.39 is 0 Å². The zero-order chi connectivity index (χ0) is 20.1. The maximum Gasteiger partial charge on any atom is 0.261 e. The Balaban J connectivity index is 1.39. The maximum atomic E-state index is 12.5. The molecule has 4 rings (SSSR count). The lowest BCUT2D eigenvalue weighted by Gasteiger charge is -2.10. The molecule has 0 aliphatic rings. The predicted octanol–water partition coefficient (Wildman–Crippen LogP) is 4.22. The van der Waals surface area contributed by atoms with Crippen molar-refractivity contribution in [2.45, 2.75) is 13.0 Å². The van der Waals surface area contributed by atoms with Crippen molar-refractivity contribution in [3.05, 3.63) is 95.5 Å². The molecule has 1 heterocycles. The molecule has 0 aliphatic carbocycles. The van der Waals surface area contributed by atoms with Gasteiger partial charge in [-0.15, -0.1) is 0 Å². The molecule has 0 spiro atoms. The van der Waals surface area contributed by atoms with Gasteiger partial charge in [0.05, 0.1) is 17.2 Å². The van der Waals surface area contributed by atoms with E-state index in [0.717, 1.165) is 5.75 Å². The number of benzene rings is 3. The largest absolute Gasteiger partial charge is 0.457 e. The van der Waals surface area contributed by atoms with Crippen LogP contribution in [-0.2, 0) is 11.3 Å². The molecule has 1 N–H and O–H groups in total. The first kappa shape index (κ1) is 18.4. The number of hydrogen-bond donors (Lipinski definition) is 1. The van der Waals surface area contributed by atoms with Gasteiger partial charge in [0.2, 0.25) is 5.91 Å². The Morgan fingerprint density at radius 1 is 0.931 bits per heavy atom. The van der Waals surface area contributed by atoms with Crippen LogP contribution in [0.25, 0.3) is 10.9 Å². The second-order valence-corrected chi connectivity index (χ2v) is 6.50. The van der Waals surface area contributed by atoms with E-state index in [1.165, 1.54) is 10.9 Å². The lowest BCUT2D eigenvalue weighted by molar-refractivity contribution is -0.116. The standard InChI is InChI=1S/C23H19N3O3/c27-22(13-14-26-16-24-21-12-5-4-11-20(21)23(26)28)25-17-7-6-10-19(15-17)29-18-8-2-1-3-9-18/h1-12,15-16H,13-14H2,(H,25,27). The first-order valence-corrected chi connectivity index (χ1v) is 9.26. The molecule has 3 aromatic carbocycles. The Bertz CT molecular complexity index is 1200. The molecule has 0 saturated carbocycles. The van der Waals surface area contributed by atoms with Gasteiger partial charge in [0.25, 0.3) is 5.56 Å². The van der Waals surface area contributed by atoms with E-state index in [1.807, 2.05) is 48.5 Å². The van der Waals surface area contributed by atoms with Crippen LogP contribution in [0.1, 0.15) is 6.42 Å². The van der Waals surface area contributed by atoms with E-state index in [-0.39, 0.29) is 24.4 Å². The molecule has 29 heavy (non-hydrogen) atoms. The minimum absolute atomic E-state index is 0.151. The Labute approximate surface area is 167 Å². The number of carbonyl (C=O) groups is 1. The van der Waals surface area contributed by atoms with Crippen LogP contribution in [-0.4, -0.2) is 15.5 Å². The maximum absolute atomic E-state index is 12.5. The number of nitrogens with one attached hydrogen (secondary N) is 1. The number of ether oxygens (including phenoxy) is 1. The van der Waals surface area contributed by atoms with Crippen molar-refractivity contribution in [3.8, 4) is 11.5 Å². The number of hydrogen-bond acceptors (Lipinski definition) is 4. The molecule has 0 aliphatic heterocycles. The molecule has 0 saturated heterocycles. The highest BCUT2D eigenvalue weighted by atomic mass is 16.5. The molecular formula is C23H19N3O3. The van der Waals surface area contributed by atoms with Crippen LogP contribution in [0.5, 0.6) is 11.5 Å². The smallest absolute Gasteiger partial charge is 0.261 e. The number of fused-ring (bicyclic) bond motifs is 1. The van der Waals surface area contributed by atoms with Gasteiger partial charge in [-0.2, -0.15) is 0 Å². The second kappa shape index (κ2) is 8.39. The summed E-state index contributed by atoms with van der Waals surface area (Å²) in [5.74, 6) is 1.16. The summed E-state index contributed by atoms with van der Waals surface area (Å²) in [6.45, 7) is 0.253. The van der Waals surface area contributed by atoms with Gasteiger partial charge in [0, 0.05) is 24.7 Å². The number of para-hydroxylation sites is 2. The van der Waals surface area contributed by atoms with E-state index >= 15 is 0 Å². The van der Waals surface area contributed by atoms with Gasteiger partial charge in [-0.1, -0.05) is 36.4 Å². The summed E-state index contributed by atoms with van der Waals surface area (Å²) < 4.78 is 7.24. The third-order valence-electron chi connectivity index (χ3n) is 4.41. The third kappa shape index (κ3) is 4.50. The Morgan fingerprint density at radius 3 is 2.55 bits per heavy atom. The number of aromatic nitrogens is 2. The monoisotopic (exact) mass is 385 g/mol. The Kier molecular flexibility index (Phi) is 5.33. The normalized spacial score (nSPS) is 10.6. The van der Waals surface area contributed by atoms with Crippen molar-refractivity contribution < 1.29 is 9.53 Å². The average Bonchev–Trinajstić information content (AvgIpc) is 2.74. The SMILES string of the molecule is O=C(CCn1cnc2ccccc2c1=O)Nc1cccc(Oc2ccccc2)c1. The molecule has 144 valence electrons. The van der Waals surface area contributed by atoms with E-state index in [4.69, 9.17) is 4.74 Å². The minimum Gasteiger partial charge on any atom is -0.457 e. The van der Waals surface area contributed by atoms with Crippen molar-refractivity contribution in [3.63, 3.8) is 0 Å². The lowest BCUT2D eigenvalue weighted by Crippen LogP contribution is -2.23. The summed E-state index contributed by atoms with van der Waals surface area (Å²) in [6.07, 6.45) is 1.63. The number of carbonyl (C=O) groups excluding carboxylic acids is 1. The summed E-state index contributed by atoms with van der Waals surface area (Å²) >= 11 is 0. The first-order chi connectivity index (χ1) is 14.2. The summed E-state index contributed by atoms with van der Waals surface area (Å²) in [5, 5.41) is 3.38. The van der Waals surface area contributed by atoms with Crippen LogP contribution in [0.15, 0.2) is 90.0 Å². The number of rotatable bonds is 6. The van der Waals surface area contributed by atoms with Crippen molar-refractivity contribution in [2.75, 3.05) is 5.32 Å². The molecule has 1 aromatic heterocycles. The first-order valence-electron chi connectivity index (χ1n) is 9.26. The third-order valence-corrected chi connectivity index (χ3v) is 4.41. The van der Waals surface area contributed by atoms with Crippen molar-refractivity contribution in [1.82, 2.24) is 9.55 Å². The van der Waals surface area contributed by atoms with Gasteiger partial charge in [-0.25, -0.2) is 4.98 Å². The highest BCUT2D eigenvalue weighted by molar-refractivity contribution is 5.90. The van der Waals surface area contributed by atoms with Crippen LogP contribution in [0, 0.1) is 0 Å². The van der Waals surface area contributed by atoms with Crippen molar-refractivity contribution in [1.29, 1.82) is 0 Å². The van der Waals surface area contributed by atoms with Gasteiger partial charge < -0.3 is 10.1 Å². The topological polar surface area (TPSA) is 73.2 Å². The van der Waals surface area contributed by atoms with Crippen LogP contribution in [0.3, 0.4) is 0 Å². The van der Waals surface area contributed by atoms with Crippen LogP contribution < -0.4 is 15.6 Å². The summed E-state index contributed by atoms with van der Waals surface area (Å²) in [5.41, 5.74) is 1.13. The highest BCUT2D eigenvalue weighted by Crippen LogP contribution is 2.23. The van der Waals surface area contributed by atoms with Gasteiger partial charge in [0.15, 0.2) is 0 Å². The highest BCUT2D eigenvalue weighted by Gasteiger charge is 2.07. The predicted molar refractivity (Wildman–Crippen MR) is 112 cm³/mol. The number of aryl methyl sites for hydroxylation is 1. The summed E-state index contributed by atoms with van der Waals surface area (Å²) in [4.78, 5) is 29.1. The van der Waals surface area contributed by atoms with Crippen LogP contribution >= 0.6 is 0 Å². The fourth-order valence-electron chi connectivity index (χ4n) is 2.97. The van der Waals surface area contributed by atoms with Gasteiger partial charge >= 0.3 is 0 Å². The summed E-state index contributed by atoms with van der Waals surface area (Å²) in [7, 11) is 0. The second-order valence-electron chi connectivity index (χ2n) is 6.50. The number of anilines is 1. The van der Waals surface area contributed by atoms with Crippen LogP contribution in [0.4, 0.5) is 5.69 Å². The molecule has 0 atom stereocenters. The minimum atomic E-state index is -0.193. The van der Waals surface area contributed by atoms with Crippen molar-refractivity contribution >= 4 is 22.5 Å². The molecule has 0 unspecified atom stereocenters. The Morgan fingerprint density at radius 2 is 1.69 bits per heavy atom. The number of amides is 1. The molecule has 1 amide bonds. The molecule has 4 aromatic rings. The van der Waals surface area contributed by atoms with E-state index in [9.17, 15) is 9.59 Å². The quantitative estimate of drug-likeness (QED) is 0.539. The van der Waals surface area contributed by atoms with E-state index in [2.05, 4.69) is 10.3 Å². The van der Waals surface area contributed by atoms with Gasteiger partial charge in [-0.3, -0.25) is 14.2 Å². The van der Waals surface area contributed by atoms with Gasteiger partial charge in [-0.05, 0) is 36.4 Å². The molecular weight excluding hydrogens is 366 g/mol. The van der Waals surface area contributed by atoms with Crippen molar-refractivity contribution in [2.24, 2.45) is 0 Å². The fourth-order valence-corrected chi connectivity index (χ4v) is 2.97. The molecule has 0 radical (unpaired) electrons. The Hall–Kier alpha value is -3.93. The molecule has 0 fully saturated rings. The van der Waals surface area contributed by atoms with Crippen LogP contribution in [0.2, 0.25) is 0 Å². The number of nitrogens with zero attached hydrogens (tertiary/aromatic N) is 2. The molecule has 6 heteroatoms. The fraction of sp³-hybridized carbons (Fsp3) is 0.0870. The zero-order valence-corrected chi connectivity index (χ0v) is 15.6. The molecule has 0 bridgehead atoms. The van der Waals surface area contributed by atoms with E-state index in [1.54, 1.807) is 30.3 Å². The summed E-state index contributed by atoms with van der Waals surface area (Å²) in [6, 6.07) is 23.8. The average molecular weight is 385 g/mol. The molecule has 6 nitrogen and oxygen atoms in total. The zero-order valence-electron chi connectivity index (χ0n) is 15.6. The van der Waals surface area contributed by atoms with Gasteiger partial charge in [0.1, 0.15) is 11.5 Å².